The summed E-state index contributed by atoms with van der Waals surface area (Å²) in [5.41, 5.74) is 5.58. The Balaban J connectivity index is 1.55. The third-order valence-electron chi connectivity index (χ3n) is 6.96. The number of benzene rings is 3. The number of carbonyl (C=O) groups excluding carboxylic acids is 1. The second kappa shape index (κ2) is 13.0. The lowest BCUT2D eigenvalue weighted by molar-refractivity contribution is -0.139. The minimum Gasteiger partial charge on any atom is -0.489 e. The lowest BCUT2D eigenvalue weighted by Gasteiger charge is -2.24. The molecular weight excluding hydrogens is 659 g/mol. The molecule has 0 amide bonds. The van der Waals surface area contributed by atoms with Crippen molar-refractivity contribution in [2.24, 2.45) is 4.99 Å². The Morgan fingerprint density at radius 2 is 1.83 bits per heavy atom. The van der Waals surface area contributed by atoms with Gasteiger partial charge in [0, 0.05) is 3.57 Å². The van der Waals surface area contributed by atoms with Crippen LogP contribution in [0.5, 0.6) is 5.75 Å². The van der Waals surface area contributed by atoms with Crippen molar-refractivity contribution in [1.29, 1.82) is 0 Å². The molecule has 42 heavy (non-hydrogen) atoms. The number of thiazole rings is 1. The minimum absolute atomic E-state index is 0.206. The van der Waals surface area contributed by atoms with Gasteiger partial charge in [0.2, 0.25) is 0 Å². The molecule has 5 rings (SSSR count). The first-order valence-electron chi connectivity index (χ1n) is 13.7. The fraction of sp³-hybridized carbons (Fsp3) is 0.206. The average molecular weight is 691 g/mol. The maximum atomic E-state index is 13.9. The van der Waals surface area contributed by atoms with Crippen LogP contribution in [0.25, 0.3) is 6.08 Å². The predicted octanol–water partition coefficient (Wildman–Crippen LogP) is 6.02. The summed E-state index contributed by atoms with van der Waals surface area (Å²) < 4.78 is 14.9. The van der Waals surface area contributed by atoms with E-state index >= 15 is 0 Å². The molecule has 3 aromatic carbocycles. The zero-order valence-electron chi connectivity index (χ0n) is 23.7. The van der Waals surface area contributed by atoms with Crippen LogP contribution in [0.3, 0.4) is 0 Å². The largest absolute Gasteiger partial charge is 0.489 e. The van der Waals surface area contributed by atoms with Gasteiger partial charge in [-0.15, -0.1) is 6.58 Å². The van der Waals surface area contributed by atoms with Crippen molar-refractivity contribution in [3.63, 3.8) is 0 Å². The van der Waals surface area contributed by atoms with Gasteiger partial charge in [0.25, 0.3) is 5.56 Å². The number of carbonyl (C=O) groups is 1. The molecule has 214 valence electrons. The van der Waals surface area contributed by atoms with Gasteiger partial charge in [-0.1, -0.05) is 65.4 Å². The highest BCUT2D eigenvalue weighted by molar-refractivity contribution is 14.1. The van der Waals surface area contributed by atoms with E-state index in [-0.39, 0.29) is 12.2 Å². The molecule has 8 heteroatoms. The number of fused-ring (bicyclic) bond motifs is 1. The summed E-state index contributed by atoms with van der Waals surface area (Å²) in [6, 6.07) is 21.4. The van der Waals surface area contributed by atoms with Crippen molar-refractivity contribution >= 4 is 46.0 Å². The van der Waals surface area contributed by atoms with Crippen LogP contribution >= 0.6 is 33.9 Å². The number of aromatic nitrogens is 1. The second-order valence-electron chi connectivity index (χ2n) is 9.99. The Kier molecular flexibility index (Phi) is 9.23. The standard InChI is InChI=1S/C34H31IN2O4S/c1-5-7-26-18-24(12-17-28(26)41-20-23-10-15-27(35)16-11-23)19-29-32(38)37-31(25-13-8-21(3)9-14-25)30(33(39)40-6-2)22(4)36-34(37)42-29/h5,8-19,31H,1,6-7,20H2,2-4H3/b29-19+/t31-/m1/s1. The summed E-state index contributed by atoms with van der Waals surface area (Å²) in [5, 5.41) is 0. The molecule has 0 saturated carbocycles. The maximum Gasteiger partial charge on any atom is 0.338 e. The third kappa shape index (κ3) is 6.34. The molecular formula is C34H31IN2O4S. The van der Waals surface area contributed by atoms with E-state index in [0.29, 0.717) is 33.6 Å². The Labute approximate surface area is 262 Å². The molecule has 6 nitrogen and oxygen atoms in total. The molecule has 4 aromatic rings. The van der Waals surface area contributed by atoms with E-state index in [2.05, 4.69) is 58.4 Å². The summed E-state index contributed by atoms with van der Waals surface area (Å²) in [6.07, 6.45) is 4.33. The molecule has 0 bridgehead atoms. The van der Waals surface area contributed by atoms with Gasteiger partial charge >= 0.3 is 5.97 Å². The number of allylic oxidation sites excluding steroid dienone is 2. The zero-order chi connectivity index (χ0) is 29.8. The summed E-state index contributed by atoms with van der Waals surface area (Å²) in [6.45, 7) is 10.2. The van der Waals surface area contributed by atoms with Gasteiger partial charge in [-0.2, -0.15) is 0 Å². The van der Waals surface area contributed by atoms with E-state index in [0.717, 1.165) is 33.6 Å². The van der Waals surface area contributed by atoms with Crippen LogP contribution in [0.15, 0.2) is 100 Å². The highest BCUT2D eigenvalue weighted by atomic mass is 127. The molecule has 0 saturated heterocycles. The van der Waals surface area contributed by atoms with Crippen LogP contribution in [0.1, 0.15) is 47.7 Å². The molecule has 0 spiro atoms. The van der Waals surface area contributed by atoms with E-state index in [1.54, 1.807) is 18.4 Å². The van der Waals surface area contributed by atoms with Crippen molar-refractivity contribution in [3.8, 4) is 5.75 Å². The van der Waals surface area contributed by atoms with Gasteiger partial charge in [-0.05, 0) is 102 Å². The van der Waals surface area contributed by atoms with E-state index in [9.17, 15) is 9.59 Å². The van der Waals surface area contributed by atoms with E-state index in [1.165, 1.54) is 14.9 Å². The van der Waals surface area contributed by atoms with Crippen molar-refractivity contribution < 1.29 is 14.3 Å². The van der Waals surface area contributed by atoms with E-state index in [4.69, 9.17) is 9.47 Å². The van der Waals surface area contributed by atoms with Crippen LogP contribution in [0.2, 0.25) is 0 Å². The minimum atomic E-state index is -0.628. The molecule has 1 aliphatic rings. The molecule has 1 aliphatic heterocycles. The van der Waals surface area contributed by atoms with Gasteiger partial charge < -0.3 is 9.47 Å². The number of esters is 1. The molecule has 0 N–H and O–H groups in total. The van der Waals surface area contributed by atoms with Crippen molar-refractivity contribution in [2.75, 3.05) is 6.61 Å². The molecule has 2 heterocycles. The topological polar surface area (TPSA) is 69.9 Å². The molecule has 0 unspecified atom stereocenters. The molecule has 0 aliphatic carbocycles. The normalized spacial score (nSPS) is 14.8. The monoisotopic (exact) mass is 690 g/mol. The number of aryl methyl sites for hydroxylation is 1. The van der Waals surface area contributed by atoms with Crippen molar-refractivity contribution in [1.82, 2.24) is 4.57 Å². The molecule has 1 atom stereocenters. The predicted molar refractivity (Wildman–Crippen MR) is 175 cm³/mol. The number of rotatable bonds is 9. The summed E-state index contributed by atoms with van der Waals surface area (Å²) in [7, 11) is 0. The number of nitrogens with zero attached hydrogens (tertiary/aromatic N) is 2. The van der Waals surface area contributed by atoms with Crippen LogP contribution in [0, 0.1) is 10.5 Å². The Hall–Kier alpha value is -3.76. The summed E-state index contributed by atoms with van der Waals surface area (Å²) >= 11 is 3.60. The summed E-state index contributed by atoms with van der Waals surface area (Å²) in [5.74, 6) is 0.314. The fourth-order valence-electron chi connectivity index (χ4n) is 4.89. The number of ether oxygens (including phenoxy) is 2. The van der Waals surface area contributed by atoms with Gasteiger partial charge in [-0.3, -0.25) is 9.36 Å². The Morgan fingerprint density at radius 1 is 1.10 bits per heavy atom. The van der Waals surface area contributed by atoms with E-state index < -0.39 is 12.0 Å². The first-order chi connectivity index (χ1) is 20.3. The van der Waals surface area contributed by atoms with Gasteiger partial charge in [0.15, 0.2) is 4.80 Å². The third-order valence-corrected chi connectivity index (χ3v) is 8.67. The Morgan fingerprint density at radius 3 is 2.52 bits per heavy atom. The number of hydrogen-bond donors (Lipinski definition) is 0. The zero-order valence-corrected chi connectivity index (χ0v) is 26.7. The van der Waals surface area contributed by atoms with Crippen molar-refractivity contribution in [2.45, 2.75) is 39.8 Å². The number of halogens is 1. The molecule has 1 aromatic heterocycles. The maximum absolute atomic E-state index is 13.9. The van der Waals surface area contributed by atoms with Crippen LogP contribution < -0.4 is 19.6 Å². The Bertz CT molecular complexity index is 1850. The summed E-state index contributed by atoms with van der Waals surface area (Å²) in [4.78, 5) is 32.2. The highest BCUT2D eigenvalue weighted by Gasteiger charge is 2.33. The van der Waals surface area contributed by atoms with Crippen molar-refractivity contribution in [3.05, 3.63) is 142 Å². The smallest absolute Gasteiger partial charge is 0.338 e. The fourth-order valence-corrected chi connectivity index (χ4v) is 6.30. The first kappa shape index (κ1) is 29.7. The van der Waals surface area contributed by atoms with Crippen LogP contribution in [0.4, 0.5) is 0 Å². The highest BCUT2D eigenvalue weighted by Crippen LogP contribution is 2.31. The van der Waals surface area contributed by atoms with E-state index in [1.807, 2.05) is 61.5 Å². The molecule has 0 fully saturated rings. The van der Waals surface area contributed by atoms with Crippen LogP contribution in [-0.2, 0) is 22.6 Å². The SMILES string of the molecule is C=CCc1cc(/C=c2/sc3n(c2=O)[C@H](c2ccc(C)cc2)C(C(=O)OCC)=C(C)N=3)ccc1OCc1ccc(I)cc1. The lowest BCUT2D eigenvalue weighted by atomic mass is 9.95. The van der Waals surface area contributed by atoms with Gasteiger partial charge in [0.1, 0.15) is 12.4 Å². The molecule has 0 radical (unpaired) electrons. The van der Waals surface area contributed by atoms with Gasteiger partial charge in [-0.25, -0.2) is 9.79 Å². The number of hydrogen-bond acceptors (Lipinski definition) is 6. The lowest BCUT2D eigenvalue weighted by Crippen LogP contribution is -2.39. The quantitative estimate of drug-likeness (QED) is 0.123. The average Bonchev–Trinajstić information content (AvgIpc) is 3.27. The van der Waals surface area contributed by atoms with Crippen LogP contribution in [-0.4, -0.2) is 17.1 Å². The second-order valence-corrected chi connectivity index (χ2v) is 12.2. The first-order valence-corrected chi connectivity index (χ1v) is 15.6. The van der Waals surface area contributed by atoms with Gasteiger partial charge in [0.05, 0.1) is 28.5 Å².